The molecule has 0 aromatic heterocycles. The van der Waals surface area contributed by atoms with Crippen LogP contribution < -0.4 is 0 Å². The van der Waals surface area contributed by atoms with Crippen molar-refractivity contribution in [3.63, 3.8) is 0 Å². The van der Waals surface area contributed by atoms with E-state index in [2.05, 4.69) is 98.8 Å². The van der Waals surface area contributed by atoms with Crippen molar-refractivity contribution < 1.29 is 0 Å². The Kier molecular flexibility index (Phi) is 3.92. The van der Waals surface area contributed by atoms with Gasteiger partial charge >= 0.3 is 0 Å². The zero-order valence-corrected chi connectivity index (χ0v) is 16.8. The molecular weight excluding hydrogens is 360 g/mol. The van der Waals surface area contributed by atoms with Gasteiger partial charge in [-0.2, -0.15) is 0 Å². The second kappa shape index (κ2) is 6.36. The summed E-state index contributed by atoms with van der Waals surface area (Å²) in [5.74, 6) is 0. The van der Waals surface area contributed by atoms with Crippen LogP contribution in [0.25, 0.3) is 33.4 Å². The van der Waals surface area contributed by atoms with E-state index < -0.39 is 0 Å². The van der Waals surface area contributed by atoms with Gasteiger partial charge in [0.1, 0.15) is 0 Å². The van der Waals surface area contributed by atoms with Crippen molar-refractivity contribution in [2.24, 2.45) is 0 Å². The standard InChI is InChI=1S/C27H21Cl/c1-27(2)24-17-7-6-12-20(24)21-14-9-15-22(25(21)27)23-16-8-13-19(26(23)28)18-10-4-3-5-11-18/h3-17H,1-2H3. The lowest BCUT2D eigenvalue weighted by atomic mass is 9.78. The fraction of sp³-hybridized carbons (Fsp3) is 0.111. The van der Waals surface area contributed by atoms with Gasteiger partial charge in [0, 0.05) is 16.5 Å². The van der Waals surface area contributed by atoms with Gasteiger partial charge in [-0.05, 0) is 33.4 Å². The molecule has 1 aliphatic rings. The molecule has 4 aromatic carbocycles. The summed E-state index contributed by atoms with van der Waals surface area (Å²) in [7, 11) is 0. The highest BCUT2D eigenvalue weighted by atomic mass is 35.5. The maximum atomic E-state index is 6.98. The molecule has 0 bridgehead atoms. The van der Waals surface area contributed by atoms with Gasteiger partial charge in [-0.3, -0.25) is 0 Å². The second-order valence-corrected chi connectivity index (χ2v) is 8.31. The van der Waals surface area contributed by atoms with Crippen LogP contribution in [0.15, 0.2) is 91.0 Å². The van der Waals surface area contributed by atoms with Crippen molar-refractivity contribution >= 4 is 11.6 Å². The predicted octanol–water partition coefficient (Wildman–Crippen LogP) is 7.98. The first-order chi connectivity index (χ1) is 13.6. The molecule has 4 aromatic rings. The van der Waals surface area contributed by atoms with Gasteiger partial charge in [0.25, 0.3) is 0 Å². The summed E-state index contributed by atoms with van der Waals surface area (Å²) in [6.07, 6.45) is 0. The monoisotopic (exact) mass is 380 g/mol. The zero-order valence-electron chi connectivity index (χ0n) is 16.0. The predicted molar refractivity (Wildman–Crippen MR) is 120 cm³/mol. The van der Waals surface area contributed by atoms with Crippen molar-refractivity contribution in [3.8, 4) is 33.4 Å². The van der Waals surface area contributed by atoms with Crippen LogP contribution in [0.4, 0.5) is 0 Å². The molecular formula is C27H21Cl. The smallest absolute Gasteiger partial charge is 0.0562 e. The Hall–Kier alpha value is -2.83. The van der Waals surface area contributed by atoms with Gasteiger partial charge < -0.3 is 0 Å². The summed E-state index contributed by atoms with van der Waals surface area (Å²) in [6, 6.07) is 32.1. The van der Waals surface area contributed by atoms with Gasteiger partial charge in [-0.15, -0.1) is 0 Å². The average Bonchev–Trinajstić information content (AvgIpc) is 2.97. The van der Waals surface area contributed by atoms with Crippen LogP contribution in [0.2, 0.25) is 5.02 Å². The lowest BCUT2D eigenvalue weighted by molar-refractivity contribution is 0.662. The molecule has 0 heterocycles. The molecule has 0 fully saturated rings. The van der Waals surface area contributed by atoms with E-state index in [0.717, 1.165) is 21.7 Å². The largest absolute Gasteiger partial charge is 0.0830 e. The molecule has 0 spiro atoms. The molecule has 1 aliphatic carbocycles. The number of rotatable bonds is 2. The molecule has 1 heteroatoms. The van der Waals surface area contributed by atoms with E-state index in [-0.39, 0.29) is 5.41 Å². The minimum Gasteiger partial charge on any atom is -0.0830 e. The van der Waals surface area contributed by atoms with Crippen molar-refractivity contribution in [1.29, 1.82) is 0 Å². The number of hydrogen-bond acceptors (Lipinski definition) is 0. The highest BCUT2D eigenvalue weighted by Gasteiger charge is 2.37. The second-order valence-electron chi connectivity index (χ2n) is 7.93. The van der Waals surface area contributed by atoms with Crippen LogP contribution in [0.1, 0.15) is 25.0 Å². The first kappa shape index (κ1) is 17.3. The van der Waals surface area contributed by atoms with Gasteiger partial charge in [-0.25, -0.2) is 0 Å². The minimum absolute atomic E-state index is 0.0609. The summed E-state index contributed by atoms with van der Waals surface area (Å²) in [4.78, 5) is 0. The van der Waals surface area contributed by atoms with Gasteiger partial charge in [-0.1, -0.05) is 116 Å². The summed E-state index contributed by atoms with van der Waals surface area (Å²) >= 11 is 6.98. The third kappa shape index (κ3) is 2.45. The van der Waals surface area contributed by atoms with Crippen LogP contribution in [0.5, 0.6) is 0 Å². The van der Waals surface area contributed by atoms with Crippen molar-refractivity contribution in [3.05, 3.63) is 107 Å². The van der Waals surface area contributed by atoms with Crippen molar-refractivity contribution in [1.82, 2.24) is 0 Å². The number of halogens is 1. The van der Waals surface area contributed by atoms with E-state index in [0.29, 0.717) is 0 Å². The average molecular weight is 381 g/mol. The molecule has 0 radical (unpaired) electrons. The fourth-order valence-corrected chi connectivity index (χ4v) is 4.99. The van der Waals surface area contributed by atoms with E-state index >= 15 is 0 Å². The maximum Gasteiger partial charge on any atom is 0.0562 e. The Morgan fingerprint density at radius 2 is 1.07 bits per heavy atom. The molecule has 5 rings (SSSR count). The lowest BCUT2D eigenvalue weighted by Gasteiger charge is -2.25. The third-order valence-corrected chi connectivity index (χ3v) is 6.36. The Labute approximate surface area is 171 Å². The van der Waals surface area contributed by atoms with Crippen molar-refractivity contribution in [2.75, 3.05) is 0 Å². The van der Waals surface area contributed by atoms with E-state index in [1.54, 1.807) is 0 Å². The number of fused-ring (bicyclic) bond motifs is 3. The van der Waals surface area contributed by atoms with Gasteiger partial charge in [0.2, 0.25) is 0 Å². The Morgan fingerprint density at radius 1 is 0.536 bits per heavy atom. The lowest BCUT2D eigenvalue weighted by Crippen LogP contribution is -2.16. The Balaban J connectivity index is 1.77. The normalized spacial score (nSPS) is 13.8. The fourth-order valence-electron chi connectivity index (χ4n) is 4.65. The minimum atomic E-state index is -0.0609. The van der Waals surface area contributed by atoms with E-state index in [1.165, 1.54) is 27.8 Å². The molecule has 0 atom stereocenters. The van der Waals surface area contributed by atoms with E-state index in [9.17, 15) is 0 Å². The summed E-state index contributed by atoms with van der Waals surface area (Å²) in [6.45, 7) is 4.63. The van der Waals surface area contributed by atoms with E-state index in [4.69, 9.17) is 11.6 Å². The summed E-state index contributed by atoms with van der Waals surface area (Å²) < 4.78 is 0. The quantitative estimate of drug-likeness (QED) is 0.330. The highest BCUT2D eigenvalue weighted by Crippen LogP contribution is 2.53. The SMILES string of the molecule is CC1(C)c2ccccc2-c2cccc(-c3cccc(-c4ccccc4)c3Cl)c21. The Morgan fingerprint density at radius 3 is 1.82 bits per heavy atom. The van der Waals surface area contributed by atoms with Crippen LogP contribution in [0, 0.1) is 0 Å². The van der Waals surface area contributed by atoms with Gasteiger partial charge in [0.05, 0.1) is 5.02 Å². The molecule has 0 saturated heterocycles. The van der Waals surface area contributed by atoms with Crippen LogP contribution >= 0.6 is 11.6 Å². The van der Waals surface area contributed by atoms with Crippen LogP contribution in [-0.4, -0.2) is 0 Å². The molecule has 0 aliphatic heterocycles. The third-order valence-electron chi connectivity index (χ3n) is 5.95. The van der Waals surface area contributed by atoms with Gasteiger partial charge in [0.15, 0.2) is 0 Å². The number of hydrogen-bond donors (Lipinski definition) is 0. The molecule has 0 amide bonds. The Bertz CT molecular complexity index is 1190. The highest BCUT2D eigenvalue weighted by molar-refractivity contribution is 6.36. The first-order valence-electron chi connectivity index (χ1n) is 9.67. The molecule has 0 saturated carbocycles. The van der Waals surface area contributed by atoms with Crippen LogP contribution in [0.3, 0.4) is 0 Å². The van der Waals surface area contributed by atoms with Crippen LogP contribution in [-0.2, 0) is 5.41 Å². The summed E-state index contributed by atoms with van der Waals surface area (Å²) in [5.41, 5.74) is 9.88. The maximum absolute atomic E-state index is 6.98. The molecule has 28 heavy (non-hydrogen) atoms. The molecule has 0 unspecified atom stereocenters. The first-order valence-corrected chi connectivity index (χ1v) is 10.0. The molecule has 0 N–H and O–H groups in total. The number of benzene rings is 4. The molecule has 0 nitrogen and oxygen atoms in total. The zero-order chi connectivity index (χ0) is 19.3. The van der Waals surface area contributed by atoms with Crippen molar-refractivity contribution in [2.45, 2.75) is 19.3 Å². The molecule has 136 valence electrons. The summed E-state index contributed by atoms with van der Waals surface area (Å²) in [5, 5.41) is 0.814. The van der Waals surface area contributed by atoms with E-state index in [1.807, 2.05) is 6.07 Å². The topological polar surface area (TPSA) is 0 Å².